The van der Waals surface area contributed by atoms with Crippen molar-refractivity contribution in [2.24, 2.45) is 0 Å². The van der Waals surface area contributed by atoms with Crippen molar-refractivity contribution in [3.05, 3.63) is 69.3 Å². The molecular formula is C17H9BrO2. The van der Waals surface area contributed by atoms with E-state index < -0.39 is 0 Å². The number of hydrogen-bond acceptors (Lipinski definition) is 2. The summed E-state index contributed by atoms with van der Waals surface area (Å²) in [7, 11) is 0. The Bertz CT molecular complexity index is 1030. The standard InChI is InChI=1S/C17H9BrO2/c18-12-5-6-13-16(9-12)20-15-8-11-4-2-1-3-10(11)7-14(15)17(13)19/h1-9H. The van der Waals surface area contributed by atoms with Crippen molar-refractivity contribution < 1.29 is 4.42 Å². The quantitative estimate of drug-likeness (QED) is 0.432. The average molecular weight is 325 g/mol. The van der Waals surface area contributed by atoms with E-state index in [0.29, 0.717) is 21.9 Å². The lowest BCUT2D eigenvalue weighted by atomic mass is 10.1. The zero-order valence-electron chi connectivity index (χ0n) is 10.4. The molecule has 3 aromatic carbocycles. The molecule has 0 radical (unpaired) electrons. The Morgan fingerprint density at radius 1 is 0.800 bits per heavy atom. The first-order valence-electron chi connectivity index (χ1n) is 6.27. The molecule has 0 aliphatic carbocycles. The first-order valence-corrected chi connectivity index (χ1v) is 7.06. The summed E-state index contributed by atoms with van der Waals surface area (Å²) in [6.07, 6.45) is 0. The first-order chi connectivity index (χ1) is 9.72. The van der Waals surface area contributed by atoms with Crippen LogP contribution in [0, 0.1) is 0 Å². The zero-order chi connectivity index (χ0) is 13.7. The monoisotopic (exact) mass is 324 g/mol. The highest BCUT2D eigenvalue weighted by molar-refractivity contribution is 9.10. The fourth-order valence-corrected chi connectivity index (χ4v) is 2.85. The van der Waals surface area contributed by atoms with Crippen LogP contribution in [-0.4, -0.2) is 0 Å². The van der Waals surface area contributed by atoms with Crippen molar-refractivity contribution in [1.82, 2.24) is 0 Å². The second kappa shape index (κ2) is 4.18. The summed E-state index contributed by atoms with van der Waals surface area (Å²) in [6.45, 7) is 0. The number of halogens is 1. The molecule has 0 saturated heterocycles. The molecule has 0 bridgehead atoms. The van der Waals surface area contributed by atoms with Gasteiger partial charge in [0.15, 0.2) is 0 Å². The lowest BCUT2D eigenvalue weighted by molar-refractivity contribution is 0.660. The Labute approximate surface area is 122 Å². The van der Waals surface area contributed by atoms with E-state index in [1.54, 1.807) is 6.07 Å². The van der Waals surface area contributed by atoms with E-state index in [1.807, 2.05) is 48.5 Å². The van der Waals surface area contributed by atoms with Crippen LogP contribution in [-0.2, 0) is 0 Å². The maximum absolute atomic E-state index is 12.6. The van der Waals surface area contributed by atoms with Crippen LogP contribution >= 0.6 is 15.9 Å². The predicted molar refractivity (Wildman–Crippen MR) is 85.2 cm³/mol. The summed E-state index contributed by atoms with van der Waals surface area (Å²) in [5.74, 6) is 0. The highest BCUT2D eigenvalue weighted by Crippen LogP contribution is 2.25. The molecule has 0 aliphatic heterocycles. The molecular weight excluding hydrogens is 316 g/mol. The summed E-state index contributed by atoms with van der Waals surface area (Å²) in [6, 6.07) is 17.2. The molecule has 4 rings (SSSR count). The molecule has 4 aromatic rings. The van der Waals surface area contributed by atoms with E-state index in [4.69, 9.17) is 4.42 Å². The van der Waals surface area contributed by atoms with Gasteiger partial charge in [0.25, 0.3) is 0 Å². The van der Waals surface area contributed by atoms with Crippen molar-refractivity contribution in [2.45, 2.75) is 0 Å². The van der Waals surface area contributed by atoms with E-state index >= 15 is 0 Å². The van der Waals surface area contributed by atoms with Crippen LogP contribution in [0.15, 0.2) is 68.3 Å². The highest BCUT2D eigenvalue weighted by Gasteiger charge is 2.09. The molecule has 0 unspecified atom stereocenters. The van der Waals surface area contributed by atoms with E-state index in [0.717, 1.165) is 15.2 Å². The minimum absolute atomic E-state index is 0.0134. The van der Waals surface area contributed by atoms with Crippen LogP contribution in [0.1, 0.15) is 0 Å². The molecule has 1 aromatic heterocycles. The molecule has 0 N–H and O–H groups in total. The SMILES string of the molecule is O=c1c2ccc(Br)cc2oc2cc3ccccc3cc12. The van der Waals surface area contributed by atoms with Crippen LogP contribution < -0.4 is 5.43 Å². The molecule has 0 atom stereocenters. The summed E-state index contributed by atoms with van der Waals surface area (Å²) in [5.41, 5.74) is 1.24. The molecule has 1 heterocycles. The number of hydrogen-bond donors (Lipinski definition) is 0. The van der Waals surface area contributed by atoms with Gasteiger partial charge < -0.3 is 4.42 Å². The second-order valence-electron chi connectivity index (χ2n) is 4.77. The Morgan fingerprint density at radius 3 is 2.30 bits per heavy atom. The maximum atomic E-state index is 12.6. The maximum Gasteiger partial charge on any atom is 0.200 e. The third-order valence-electron chi connectivity index (χ3n) is 3.50. The lowest BCUT2D eigenvalue weighted by Gasteiger charge is -2.04. The van der Waals surface area contributed by atoms with Gasteiger partial charge in [0.05, 0.1) is 10.8 Å². The normalized spacial score (nSPS) is 11.4. The van der Waals surface area contributed by atoms with Crippen molar-refractivity contribution in [2.75, 3.05) is 0 Å². The van der Waals surface area contributed by atoms with Crippen LogP contribution in [0.5, 0.6) is 0 Å². The molecule has 0 amide bonds. The van der Waals surface area contributed by atoms with Gasteiger partial charge in [-0.1, -0.05) is 40.2 Å². The Morgan fingerprint density at radius 2 is 1.50 bits per heavy atom. The van der Waals surface area contributed by atoms with Crippen LogP contribution in [0.25, 0.3) is 32.7 Å². The van der Waals surface area contributed by atoms with Gasteiger partial charge in [-0.3, -0.25) is 4.79 Å². The van der Waals surface area contributed by atoms with Crippen molar-refractivity contribution in [3.8, 4) is 0 Å². The van der Waals surface area contributed by atoms with E-state index in [2.05, 4.69) is 15.9 Å². The van der Waals surface area contributed by atoms with E-state index in [1.165, 1.54) is 0 Å². The lowest BCUT2D eigenvalue weighted by Crippen LogP contribution is -2.01. The Kier molecular flexibility index (Phi) is 2.44. The Hall–Kier alpha value is -2.13. The third kappa shape index (κ3) is 1.67. The molecule has 20 heavy (non-hydrogen) atoms. The average Bonchev–Trinajstić information content (AvgIpc) is 2.45. The van der Waals surface area contributed by atoms with Gasteiger partial charge in [0.1, 0.15) is 11.2 Å². The van der Waals surface area contributed by atoms with Crippen molar-refractivity contribution in [1.29, 1.82) is 0 Å². The van der Waals surface area contributed by atoms with E-state index in [-0.39, 0.29) is 5.43 Å². The van der Waals surface area contributed by atoms with Crippen molar-refractivity contribution >= 4 is 48.6 Å². The zero-order valence-corrected chi connectivity index (χ0v) is 12.0. The third-order valence-corrected chi connectivity index (χ3v) is 3.99. The molecule has 2 nitrogen and oxygen atoms in total. The van der Waals surface area contributed by atoms with Gasteiger partial charge in [-0.25, -0.2) is 0 Å². The molecule has 0 fully saturated rings. The summed E-state index contributed by atoms with van der Waals surface area (Å²) in [5, 5.41) is 3.34. The molecule has 96 valence electrons. The molecule has 3 heteroatoms. The Balaban J connectivity index is 2.26. The number of fused-ring (bicyclic) bond motifs is 3. The minimum Gasteiger partial charge on any atom is -0.456 e. The summed E-state index contributed by atoms with van der Waals surface area (Å²) in [4.78, 5) is 12.6. The molecule has 0 aliphatic rings. The van der Waals surface area contributed by atoms with Gasteiger partial charge in [-0.05, 0) is 41.1 Å². The smallest absolute Gasteiger partial charge is 0.200 e. The molecule has 0 saturated carbocycles. The van der Waals surface area contributed by atoms with Gasteiger partial charge in [-0.2, -0.15) is 0 Å². The fourth-order valence-electron chi connectivity index (χ4n) is 2.51. The predicted octanol–water partition coefficient (Wildman–Crippen LogP) is 4.86. The van der Waals surface area contributed by atoms with Gasteiger partial charge in [-0.15, -0.1) is 0 Å². The van der Waals surface area contributed by atoms with E-state index in [9.17, 15) is 4.79 Å². The van der Waals surface area contributed by atoms with Gasteiger partial charge in [0, 0.05) is 4.47 Å². The second-order valence-corrected chi connectivity index (χ2v) is 5.68. The topological polar surface area (TPSA) is 30.2 Å². The first kappa shape index (κ1) is 11.7. The summed E-state index contributed by atoms with van der Waals surface area (Å²) < 4.78 is 6.78. The van der Waals surface area contributed by atoms with Gasteiger partial charge >= 0.3 is 0 Å². The number of rotatable bonds is 0. The van der Waals surface area contributed by atoms with Crippen LogP contribution in [0.2, 0.25) is 0 Å². The van der Waals surface area contributed by atoms with Gasteiger partial charge in [0.2, 0.25) is 5.43 Å². The largest absolute Gasteiger partial charge is 0.456 e. The minimum atomic E-state index is 0.0134. The highest BCUT2D eigenvalue weighted by atomic mass is 79.9. The molecule has 0 spiro atoms. The van der Waals surface area contributed by atoms with Crippen molar-refractivity contribution in [3.63, 3.8) is 0 Å². The van der Waals surface area contributed by atoms with Crippen LogP contribution in [0.4, 0.5) is 0 Å². The summed E-state index contributed by atoms with van der Waals surface area (Å²) >= 11 is 3.40. The number of benzene rings is 3. The van der Waals surface area contributed by atoms with Crippen LogP contribution in [0.3, 0.4) is 0 Å². The fraction of sp³-hybridized carbons (Fsp3) is 0.